The van der Waals surface area contributed by atoms with Gasteiger partial charge in [0, 0.05) is 0 Å². The molecule has 0 rings (SSSR count). The molecule has 0 aliphatic carbocycles. The predicted octanol–water partition coefficient (Wildman–Crippen LogP) is 1.84. The van der Waals surface area contributed by atoms with E-state index in [0.29, 0.717) is 0 Å². The van der Waals surface area contributed by atoms with Gasteiger partial charge in [-0.2, -0.15) is 11.4 Å². The molecule has 0 bridgehead atoms. The Kier molecular flexibility index (Phi) is 3.19. The molecule has 0 saturated heterocycles. The van der Waals surface area contributed by atoms with Crippen LogP contribution >= 0.6 is 15.8 Å². The summed E-state index contributed by atoms with van der Waals surface area (Å²) in [6, 6.07) is 0. The van der Waals surface area contributed by atoms with E-state index in [4.69, 9.17) is 24.1 Å². The van der Waals surface area contributed by atoms with Gasteiger partial charge in [-0.1, -0.05) is 0 Å². The van der Waals surface area contributed by atoms with Gasteiger partial charge in [0.15, 0.2) is 0 Å². The van der Waals surface area contributed by atoms with Crippen LogP contribution < -0.4 is 0 Å². The highest BCUT2D eigenvalue weighted by Crippen LogP contribution is 2.50. The third-order valence-electron chi connectivity index (χ3n) is 0.332. The third-order valence-corrected chi connectivity index (χ3v) is 5.67. The maximum atomic E-state index is 4.88. The van der Waals surface area contributed by atoms with Gasteiger partial charge in [0.25, 0.3) is 0 Å². The summed E-state index contributed by atoms with van der Waals surface area (Å²) in [5, 5.41) is 0. The van der Waals surface area contributed by atoms with E-state index in [1.54, 1.807) is 11.4 Å². The lowest BCUT2D eigenvalue weighted by Crippen LogP contribution is -1.54. The van der Waals surface area contributed by atoms with Gasteiger partial charge < -0.3 is 12.2 Å². The van der Waals surface area contributed by atoms with Crippen molar-refractivity contribution in [3.05, 3.63) is 0 Å². The van der Waals surface area contributed by atoms with E-state index in [1.165, 1.54) is 0 Å². The standard InChI is InChI=1S/C2H7PS3/c1-3(4,5)6-2/h1-2H3,(H,4,5)/p-1. The van der Waals surface area contributed by atoms with E-state index in [9.17, 15) is 0 Å². The maximum absolute atomic E-state index is 4.88. The molecular weight excluding hydrogens is 151 g/mol. The molecule has 6 heavy (non-hydrogen) atoms. The first-order valence-corrected chi connectivity index (χ1v) is 7.50. The molecule has 0 saturated carbocycles. The van der Waals surface area contributed by atoms with E-state index in [0.717, 1.165) is 0 Å². The average Bonchev–Trinajstić information content (AvgIpc) is 1.35. The summed E-state index contributed by atoms with van der Waals surface area (Å²) in [6.45, 7) is 1.95. The summed E-state index contributed by atoms with van der Waals surface area (Å²) < 4.78 is -1.31. The van der Waals surface area contributed by atoms with Crippen molar-refractivity contribution in [1.82, 2.24) is 0 Å². The molecule has 0 fully saturated rings. The van der Waals surface area contributed by atoms with Crippen LogP contribution in [-0.4, -0.2) is 12.9 Å². The Morgan fingerprint density at radius 1 is 1.83 bits per heavy atom. The summed E-state index contributed by atoms with van der Waals surface area (Å²) >= 11 is 11.4. The monoisotopic (exact) mass is 157 g/mol. The molecule has 0 aromatic carbocycles. The minimum atomic E-state index is -1.31. The Morgan fingerprint density at radius 2 is 2.00 bits per heavy atom. The fourth-order valence-electron chi connectivity index (χ4n) is 0. The van der Waals surface area contributed by atoms with Gasteiger partial charge >= 0.3 is 0 Å². The molecule has 0 N–H and O–H groups in total. The van der Waals surface area contributed by atoms with Crippen molar-refractivity contribution in [3.63, 3.8) is 0 Å². The lowest BCUT2D eigenvalue weighted by Gasteiger charge is -2.17. The Labute approximate surface area is 53.0 Å². The van der Waals surface area contributed by atoms with Crippen molar-refractivity contribution in [1.29, 1.82) is 0 Å². The highest BCUT2D eigenvalue weighted by Gasteiger charge is 1.80. The zero-order valence-electron chi connectivity index (χ0n) is 3.67. The van der Waals surface area contributed by atoms with Gasteiger partial charge in [-0.05, 0) is 12.9 Å². The summed E-state index contributed by atoms with van der Waals surface area (Å²) in [6.07, 6.45) is 1.97. The molecule has 0 aromatic rings. The van der Waals surface area contributed by atoms with Crippen molar-refractivity contribution < 1.29 is 0 Å². The van der Waals surface area contributed by atoms with Gasteiger partial charge in [0.2, 0.25) is 0 Å². The zero-order chi connectivity index (χ0) is 5.21. The summed E-state index contributed by atoms with van der Waals surface area (Å²) in [4.78, 5) is 0. The van der Waals surface area contributed by atoms with Crippen LogP contribution in [0, 0.1) is 0 Å². The normalized spacial score (nSPS) is 19.8. The van der Waals surface area contributed by atoms with Crippen LogP contribution in [0.4, 0.5) is 0 Å². The SMILES string of the molecule is CSP(C)(=S)[S-]. The van der Waals surface area contributed by atoms with Crippen LogP contribution in [0.15, 0.2) is 0 Å². The van der Waals surface area contributed by atoms with E-state index in [1.807, 2.05) is 12.9 Å². The first-order chi connectivity index (χ1) is 2.56. The zero-order valence-corrected chi connectivity index (χ0v) is 7.02. The highest BCUT2D eigenvalue weighted by atomic mass is 33.2. The van der Waals surface area contributed by atoms with Crippen molar-refractivity contribution in [3.8, 4) is 0 Å². The second-order valence-electron chi connectivity index (χ2n) is 0.954. The van der Waals surface area contributed by atoms with Crippen molar-refractivity contribution in [2.24, 2.45) is 0 Å². The second-order valence-corrected chi connectivity index (χ2v) is 12.6. The van der Waals surface area contributed by atoms with Crippen LogP contribution in [-0.2, 0) is 24.1 Å². The molecule has 38 valence electrons. The van der Waals surface area contributed by atoms with Crippen LogP contribution in [0.2, 0.25) is 0 Å². The van der Waals surface area contributed by atoms with Crippen LogP contribution in [0.25, 0.3) is 0 Å². The van der Waals surface area contributed by atoms with Crippen molar-refractivity contribution in [2.75, 3.05) is 12.9 Å². The molecule has 1 atom stereocenters. The van der Waals surface area contributed by atoms with E-state index in [2.05, 4.69) is 0 Å². The maximum Gasteiger partial charge on any atom is -0.0153 e. The Bertz CT molecular complexity index is 72.9. The molecule has 4 heteroatoms. The third kappa shape index (κ3) is 5.35. The van der Waals surface area contributed by atoms with Gasteiger partial charge in [-0.3, -0.25) is 0 Å². The first-order valence-electron chi connectivity index (χ1n) is 1.40. The van der Waals surface area contributed by atoms with Crippen LogP contribution in [0.1, 0.15) is 0 Å². The van der Waals surface area contributed by atoms with Crippen molar-refractivity contribution >= 4 is 39.9 Å². The fourth-order valence-corrected chi connectivity index (χ4v) is 0. The number of rotatable bonds is 1. The molecule has 0 aliphatic rings. The summed E-state index contributed by atoms with van der Waals surface area (Å²) in [5.74, 6) is 0. The van der Waals surface area contributed by atoms with Gasteiger partial charge in [-0.15, -0.1) is 16.2 Å². The minimum Gasteiger partial charge on any atom is -0.736 e. The molecule has 0 spiro atoms. The molecule has 1 unspecified atom stereocenters. The molecule has 0 nitrogen and oxygen atoms in total. The predicted molar refractivity (Wildman–Crippen MR) is 41.1 cm³/mol. The van der Waals surface area contributed by atoms with Crippen LogP contribution in [0.5, 0.6) is 0 Å². The Balaban J connectivity index is 3.48. The molecule has 0 heterocycles. The number of hydrogen-bond acceptors (Lipinski definition) is 3. The average molecular weight is 157 g/mol. The smallest absolute Gasteiger partial charge is 0.0153 e. The van der Waals surface area contributed by atoms with Crippen molar-refractivity contribution in [2.45, 2.75) is 0 Å². The van der Waals surface area contributed by atoms with Gasteiger partial charge in [0.05, 0.1) is 0 Å². The lowest BCUT2D eigenvalue weighted by atomic mass is 12.0. The fraction of sp³-hybridized carbons (Fsp3) is 1.00. The summed E-state index contributed by atoms with van der Waals surface area (Å²) in [5.41, 5.74) is 0. The van der Waals surface area contributed by atoms with Gasteiger partial charge in [0.1, 0.15) is 0 Å². The molecule has 0 aromatic heterocycles. The molecular formula is C2H6PS3-. The highest BCUT2D eigenvalue weighted by molar-refractivity contribution is 8.91. The Hall–Kier alpha value is 1.35. The molecule has 0 aliphatic heterocycles. The molecule has 0 amide bonds. The number of hydrogen-bond donors (Lipinski definition) is 0. The largest absolute Gasteiger partial charge is 0.736 e. The van der Waals surface area contributed by atoms with E-state index >= 15 is 0 Å². The lowest BCUT2D eigenvalue weighted by molar-refractivity contribution is 2.47. The Morgan fingerprint density at radius 3 is 2.00 bits per heavy atom. The van der Waals surface area contributed by atoms with E-state index < -0.39 is 4.44 Å². The summed E-state index contributed by atoms with van der Waals surface area (Å²) in [7, 11) is 0. The second kappa shape index (κ2) is 2.61. The molecule has 0 radical (unpaired) electrons. The topological polar surface area (TPSA) is 0 Å². The quantitative estimate of drug-likeness (QED) is 0.421. The van der Waals surface area contributed by atoms with Crippen LogP contribution in [0.3, 0.4) is 0 Å². The van der Waals surface area contributed by atoms with E-state index in [-0.39, 0.29) is 0 Å². The first kappa shape index (κ1) is 7.35. The minimum absolute atomic E-state index is 1.31. The van der Waals surface area contributed by atoms with Gasteiger partial charge in [-0.25, -0.2) is 0 Å².